The van der Waals surface area contributed by atoms with Crippen LogP contribution < -0.4 is 16.0 Å². The summed E-state index contributed by atoms with van der Waals surface area (Å²) in [5, 5.41) is 8.38. The fraction of sp³-hybridized carbons (Fsp3) is 0.529. The van der Waals surface area contributed by atoms with Crippen molar-refractivity contribution in [1.29, 1.82) is 0 Å². The first-order valence-corrected chi connectivity index (χ1v) is 7.92. The van der Waals surface area contributed by atoms with Gasteiger partial charge in [0.2, 0.25) is 5.91 Å². The summed E-state index contributed by atoms with van der Waals surface area (Å²) in [5.74, 6) is 0.390. The van der Waals surface area contributed by atoms with Crippen molar-refractivity contribution in [2.24, 2.45) is 0 Å². The van der Waals surface area contributed by atoms with Crippen molar-refractivity contribution in [1.82, 2.24) is 16.0 Å². The average Bonchev–Trinajstić information content (AvgIpc) is 2.49. The molecule has 2 rings (SSSR count). The normalized spacial score (nSPS) is 19.5. The van der Waals surface area contributed by atoms with E-state index in [4.69, 9.17) is 0 Å². The smallest absolute Gasteiger partial charge is 0.315 e. The molecule has 1 aromatic rings. The highest BCUT2D eigenvalue weighted by atomic mass is 16.2. The van der Waals surface area contributed by atoms with Crippen LogP contribution >= 0.6 is 0 Å². The van der Waals surface area contributed by atoms with Gasteiger partial charge in [0, 0.05) is 6.54 Å². The van der Waals surface area contributed by atoms with E-state index in [0.717, 1.165) is 12.0 Å². The monoisotopic (exact) mass is 303 g/mol. The summed E-state index contributed by atoms with van der Waals surface area (Å²) >= 11 is 0. The summed E-state index contributed by atoms with van der Waals surface area (Å²) in [5.41, 5.74) is 2.33. The van der Waals surface area contributed by atoms with E-state index in [1.54, 1.807) is 0 Å². The molecular weight excluding hydrogens is 278 g/mol. The maximum Gasteiger partial charge on any atom is 0.315 e. The van der Waals surface area contributed by atoms with Gasteiger partial charge in [-0.2, -0.15) is 0 Å². The predicted molar refractivity (Wildman–Crippen MR) is 86.6 cm³/mol. The summed E-state index contributed by atoms with van der Waals surface area (Å²) in [7, 11) is 0. The molecule has 1 fully saturated rings. The van der Waals surface area contributed by atoms with Gasteiger partial charge in [0.1, 0.15) is 6.04 Å². The van der Waals surface area contributed by atoms with Gasteiger partial charge >= 0.3 is 6.03 Å². The summed E-state index contributed by atoms with van der Waals surface area (Å²) in [6.07, 6.45) is 1.58. The van der Waals surface area contributed by atoms with E-state index in [-0.39, 0.29) is 18.0 Å². The number of hydrogen-bond donors (Lipinski definition) is 3. The number of carbonyl (C=O) groups is 2. The Hall–Kier alpha value is -2.04. The standard InChI is InChI=1S/C17H25N3O2/c1-11(2)13-6-8-14(9-7-13)12(3)19-17(22)20-15-5-4-10-18-16(15)21/h6-9,11-12,15H,4-5,10H2,1-3H3,(H,18,21)(H2,19,20,22)/t12-,15+/m1/s1. The largest absolute Gasteiger partial charge is 0.354 e. The second kappa shape index (κ2) is 7.29. The third-order valence-electron chi connectivity index (χ3n) is 4.04. The molecule has 0 saturated carbocycles. The van der Waals surface area contributed by atoms with E-state index in [1.807, 2.05) is 19.1 Å². The molecule has 0 aromatic heterocycles. The van der Waals surface area contributed by atoms with Crippen molar-refractivity contribution in [3.63, 3.8) is 0 Å². The molecule has 0 unspecified atom stereocenters. The van der Waals surface area contributed by atoms with Gasteiger partial charge in [-0.15, -0.1) is 0 Å². The first-order chi connectivity index (χ1) is 10.5. The lowest BCUT2D eigenvalue weighted by Gasteiger charge is -2.24. The molecule has 1 saturated heterocycles. The maximum absolute atomic E-state index is 12.0. The molecule has 3 amide bonds. The second-order valence-electron chi connectivity index (χ2n) is 6.15. The molecule has 1 aliphatic rings. The second-order valence-corrected chi connectivity index (χ2v) is 6.15. The van der Waals surface area contributed by atoms with Crippen LogP contribution in [0.2, 0.25) is 0 Å². The fourth-order valence-electron chi connectivity index (χ4n) is 2.56. The highest BCUT2D eigenvalue weighted by molar-refractivity contribution is 5.87. The lowest BCUT2D eigenvalue weighted by Crippen LogP contribution is -2.52. The van der Waals surface area contributed by atoms with Crippen LogP contribution in [0.5, 0.6) is 0 Å². The van der Waals surface area contributed by atoms with Crippen LogP contribution in [-0.4, -0.2) is 24.5 Å². The van der Waals surface area contributed by atoms with Crippen LogP contribution in [0, 0.1) is 0 Å². The van der Waals surface area contributed by atoms with E-state index in [1.165, 1.54) is 5.56 Å². The van der Waals surface area contributed by atoms with Crippen LogP contribution in [0.4, 0.5) is 4.79 Å². The number of hydrogen-bond acceptors (Lipinski definition) is 2. The molecule has 1 aromatic carbocycles. The first-order valence-electron chi connectivity index (χ1n) is 7.92. The number of urea groups is 1. The van der Waals surface area contributed by atoms with Gasteiger partial charge in [-0.1, -0.05) is 38.1 Å². The molecule has 0 radical (unpaired) electrons. The van der Waals surface area contributed by atoms with Crippen molar-refractivity contribution < 1.29 is 9.59 Å². The highest BCUT2D eigenvalue weighted by Crippen LogP contribution is 2.18. The Labute approximate surface area is 131 Å². The van der Waals surface area contributed by atoms with Gasteiger partial charge in [-0.05, 0) is 36.8 Å². The summed E-state index contributed by atoms with van der Waals surface area (Å²) in [4.78, 5) is 23.6. The molecule has 1 heterocycles. The Balaban J connectivity index is 1.89. The van der Waals surface area contributed by atoms with E-state index >= 15 is 0 Å². The average molecular weight is 303 g/mol. The predicted octanol–water partition coefficient (Wildman–Crippen LogP) is 2.45. The van der Waals surface area contributed by atoms with Crippen LogP contribution in [-0.2, 0) is 4.79 Å². The van der Waals surface area contributed by atoms with Crippen molar-refractivity contribution in [2.75, 3.05) is 6.54 Å². The van der Waals surface area contributed by atoms with Crippen LogP contribution in [0.25, 0.3) is 0 Å². The minimum atomic E-state index is -0.427. The number of piperidine rings is 1. The number of benzene rings is 1. The zero-order valence-corrected chi connectivity index (χ0v) is 13.5. The lowest BCUT2D eigenvalue weighted by atomic mass is 10.00. The third kappa shape index (κ3) is 4.23. The minimum absolute atomic E-state index is 0.102. The van der Waals surface area contributed by atoms with Crippen LogP contribution in [0.3, 0.4) is 0 Å². The van der Waals surface area contributed by atoms with E-state index < -0.39 is 6.04 Å². The van der Waals surface area contributed by atoms with Gasteiger partial charge in [0.05, 0.1) is 6.04 Å². The number of nitrogens with one attached hydrogen (secondary N) is 3. The van der Waals surface area contributed by atoms with Gasteiger partial charge in [-0.3, -0.25) is 4.79 Å². The molecular formula is C17H25N3O2. The molecule has 5 nitrogen and oxygen atoms in total. The topological polar surface area (TPSA) is 70.2 Å². The van der Waals surface area contributed by atoms with E-state index in [9.17, 15) is 9.59 Å². The van der Waals surface area contributed by atoms with E-state index in [2.05, 4.69) is 41.9 Å². The van der Waals surface area contributed by atoms with Gasteiger partial charge < -0.3 is 16.0 Å². The summed E-state index contributed by atoms with van der Waals surface area (Å²) < 4.78 is 0. The van der Waals surface area contributed by atoms with Gasteiger partial charge in [0.25, 0.3) is 0 Å². The molecule has 0 spiro atoms. The van der Waals surface area contributed by atoms with Crippen molar-refractivity contribution >= 4 is 11.9 Å². The zero-order chi connectivity index (χ0) is 16.1. The Morgan fingerprint density at radius 2 is 1.82 bits per heavy atom. The Kier molecular flexibility index (Phi) is 5.41. The summed E-state index contributed by atoms with van der Waals surface area (Å²) in [6.45, 7) is 6.93. The first kappa shape index (κ1) is 16.3. The molecule has 2 atom stereocenters. The minimum Gasteiger partial charge on any atom is -0.354 e. The molecule has 3 N–H and O–H groups in total. The van der Waals surface area contributed by atoms with Crippen molar-refractivity contribution in [3.05, 3.63) is 35.4 Å². The number of amides is 3. The zero-order valence-electron chi connectivity index (χ0n) is 13.5. The maximum atomic E-state index is 12.0. The molecule has 22 heavy (non-hydrogen) atoms. The van der Waals surface area contributed by atoms with E-state index in [0.29, 0.717) is 18.9 Å². The molecule has 120 valence electrons. The van der Waals surface area contributed by atoms with Gasteiger partial charge in [0.15, 0.2) is 0 Å². The highest BCUT2D eigenvalue weighted by Gasteiger charge is 2.24. The number of carbonyl (C=O) groups excluding carboxylic acids is 2. The number of rotatable bonds is 4. The molecule has 5 heteroatoms. The Morgan fingerprint density at radius 1 is 1.18 bits per heavy atom. The van der Waals surface area contributed by atoms with Crippen LogP contribution in [0.1, 0.15) is 56.7 Å². The molecule has 0 aliphatic carbocycles. The SMILES string of the molecule is CC(C)c1ccc([C@@H](C)NC(=O)N[C@H]2CCCNC2=O)cc1. The van der Waals surface area contributed by atoms with Gasteiger partial charge in [-0.25, -0.2) is 4.79 Å². The lowest BCUT2D eigenvalue weighted by molar-refractivity contribution is -0.124. The quantitative estimate of drug-likeness (QED) is 0.799. The van der Waals surface area contributed by atoms with Crippen LogP contribution in [0.15, 0.2) is 24.3 Å². The fourth-order valence-corrected chi connectivity index (χ4v) is 2.56. The third-order valence-corrected chi connectivity index (χ3v) is 4.04. The Morgan fingerprint density at radius 3 is 2.41 bits per heavy atom. The Bertz CT molecular complexity index is 525. The summed E-state index contributed by atoms with van der Waals surface area (Å²) in [6, 6.07) is 7.41. The molecule has 0 bridgehead atoms. The van der Waals surface area contributed by atoms with Crippen molar-refractivity contribution in [2.45, 2.75) is 51.6 Å². The molecule has 1 aliphatic heterocycles. The van der Waals surface area contributed by atoms with Crippen molar-refractivity contribution in [3.8, 4) is 0 Å².